The summed E-state index contributed by atoms with van der Waals surface area (Å²) >= 11 is 0. The summed E-state index contributed by atoms with van der Waals surface area (Å²) in [6.07, 6.45) is 1.86. The number of esters is 1. The predicted octanol–water partition coefficient (Wildman–Crippen LogP) is 1.98. The number of ether oxygens (including phenoxy) is 1. The van der Waals surface area contributed by atoms with Crippen LogP contribution in [0.3, 0.4) is 0 Å². The van der Waals surface area contributed by atoms with Crippen LogP contribution in [0, 0.1) is 6.92 Å². The molecule has 1 saturated heterocycles. The third-order valence-electron chi connectivity index (χ3n) is 5.48. The van der Waals surface area contributed by atoms with Crippen LogP contribution < -0.4 is 10.6 Å². The van der Waals surface area contributed by atoms with E-state index < -0.39 is 29.7 Å². The quantitative estimate of drug-likeness (QED) is 0.460. The van der Waals surface area contributed by atoms with Gasteiger partial charge in [-0.3, -0.25) is 19.2 Å². The average molecular weight is 464 g/mol. The van der Waals surface area contributed by atoms with E-state index >= 15 is 0 Å². The topological polar surface area (TPSA) is 105 Å². The molecule has 1 unspecified atom stereocenters. The summed E-state index contributed by atoms with van der Waals surface area (Å²) in [4.78, 5) is 51.6. The Morgan fingerprint density at radius 2 is 1.82 bits per heavy atom. The fourth-order valence-electron chi connectivity index (χ4n) is 3.70. The van der Waals surface area contributed by atoms with Crippen molar-refractivity contribution in [3.63, 3.8) is 0 Å². The molecule has 0 aromatic heterocycles. The summed E-state index contributed by atoms with van der Waals surface area (Å²) in [5, 5.41) is 5.27. The van der Waals surface area contributed by atoms with Gasteiger partial charge in [0.05, 0.1) is 13.0 Å². The number of hydrogen-bond acceptors (Lipinski definition) is 5. The molecule has 0 saturated carbocycles. The van der Waals surface area contributed by atoms with E-state index in [1.165, 1.54) is 11.8 Å². The van der Waals surface area contributed by atoms with Gasteiger partial charge >= 0.3 is 5.97 Å². The van der Waals surface area contributed by atoms with E-state index in [2.05, 4.69) is 10.6 Å². The van der Waals surface area contributed by atoms with Crippen LogP contribution in [0.1, 0.15) is 30.0 Å². The molecule has 2 aromatic rings. The van der Waals surface area contributed by atoms with Crippen LogP contribution in [0.25, 0.3) is 6.08 Å². The van der Waals surface area contributed by atoms with E-state index in [0.29, 0.717) is 6.42 Å². The molecule has 0 spiro atoms. The average Bonchev–Trinajstić information content (AvgIpc) is 2.81. The Kier molecular flexibility index (Phi) is 8.56. The number of piperazine rings is 1. The third kappa shape index (κ3) is 6.78. The van der Waals surface area contributed by atoms with Gasteiger partial charge in [0.15, 0.2) is 0 Å². The molecule has 178 valence electrons. The Labute approximate surface area is 199 Å². The van der Waals surface area contributed by atoms with Crippen LogP contribution in [0.15, 0.2) is 60.3 Å². The molecule has 0 radical (unpaired) electrons. The van der Waals surface area contributed by atoms with Crippen molar-refractivity contribution in [3.8, 4) is 0 Å². The van der Waals surface area contributed by atoms with Crippen LogP contribution in [0.2, 0.25) is 0 Å². The first-order valence-electron chi connectivity index (χ1n) is 11.2. The van der Waals surface area contributed by atoms with Gasteiger partial charge in [-0.05, 0) is 29.7 Å². The Morgan fingerprint density at radius 1 is 1.12 bits per heavy atom. The van der Waals surface area contributed by atoms with Crippen molar-refractivity contribution in [2.45, 2.75) is 32.7 Å². The number of rotatable bonds is 8. The number of benzene rings is 2. The molecular weight excluding hydrogens is 434 g/mol. The minimum absolute atomic E-state index is 0.0407. The highest BCUT2D eigenvalue weighted by Crippen LogP contribution is 2.17. The zero-order chi connectivity index (χ0) is 24.5. The SMILES string of the molecule is CC(=O)N/C(=C\c1ccccc1C)C(=O)N1CCNC(=O)C1CC(=O)OCCc1ccccc1. The summed E-state index contributed by atoms with van der Waals surface area (Å²) in [6.45, 7) is 3.84. The van der Waals surface area contributed by atoms with Gasteiger partial charge in [0.1, 0.15) is 11.7 Å². The van der Waals surface area contributed by atoms with Gasteiger partial charge in [0, 0.05) is 26.4 Å². The van der Waals surface area contributed by atoms with E-state index in [4.69, 9.17) is 4.74 Å². The van der Waals surface area contributed by atoms with E-state index in [9.17, 15) is 19.2 Å². The van der Waals surface area contributed by atoms with Crippen LogP contribution >= 0.6 is 0 Å². The lowest BCUT2D eigenvalue weighted by atomic mass is 10.1. The smallest absolute Gasteiger partial charge is 0.308 e. The van der Waals surface area contributed by atoms with E-state index in [1.807, 2.05) is 61.5 Å². The third-order valence-corrected chi connectivity index (χ3v) is 5.48. The Hall–Kier alpha value is -3.94. The maximum atomic E-state index is 13.4. The van der Waals surface area contributed by atoms with Gasteiger partial charge in [-0.1, -0.05) is 54.6 Å². The second-order valence-corrected chi connectivity index (χ2v) is 8.06. The molecule has 1 aliphatic rings. The summed E-state index contributed by atoms with van der Waals surface area (Å²) in [5.74, 6) is -1.95. The molecule has 1 fully saturated rings. The molecule has 3 amide bonds. The lowest BCUT2D eigenvalue weighted by Gasteiger charge is -2.35. The van der Waals surface area contributed by atoms with Crippen molar-refractivity contribution in [2.24, 2.45) is 0 Å². The fourth-order valence-corrected chi connectivity index (χ4v) is 3.70. The number of nitrogens with zero attached hydrogens (tertiary/aromatic N) is 1. The van der Waals surface area contributed by atoms with Gasteiger partial charge in [-0.15, -0.1) is 0 Å². The van der Waals surface area contributed by atoms with Crippen LogP contribution in [-0.4, -0.2) is 54.3 Å². The van der Waals surface area contributed by atoms with Crippen molar-refractivity contribution >= 4 is 29.8 Å². The zero-order valence-electron chi connectivity index (χ0n) is 19.4. The number of aryl methyl sites for hydroxylation is 1. The Morgan fingerprint density at radius 3 is 2.53 bits per heavy atom. The highest BCUT2D eigenvalue weighted by atomic mass is 16.5. The van der Waals surface area contributed by atoms with Crippen LogP contribution in [0.5, 0.6) is 0 Å². The van der Waals surface area contributed by atoms with Crippen LogP contribution in [0.4, 0.5) is 0 Å². The molecule has 8 nitrogen and oxygen atoms in total. The van der Waals surface area contributed by atoms with Crippen LogP contribution in [-0.2, 0) is 30.3 Å². The molecule has 0 aliphatic carbocycles. The lowest BCUT2D eigenvalue weighted by Crippen LogP contribution is -2.58. The number of amides is 3. The van der Waals surface area contributed by atoms with Gasteiger partial charge in [0.2, 0.25) is 11.8 Å². The highest BCUT2D eigenvalue weighted by molar-refractivity contribution is 6.03. The van der Waals surface area contributed by atoms with E-state index in [1.54, 1.807) is 6.08 Å². The summed E-state index contributed by atoms with van der Waals surface area (Å²) in [5.41, 5.74) is 2.76. The summed E-state index contributed by atoms with van der Waals surface area (Å²) < 4.78 is 5.32. The first kappa shape index (κ1) is 24.7. The zero-order valence-corrected chi connectivity index (χ0v) is 19.4. The number of hydrogen-bond donors (Lipinski definition) is 2. The first-order valence-corrected chi connectivity index (χ1v) is 11.2. The molecule has 34 heavy (non-hydrogen) atoms. The molecule has 0 bridgehead atoms. The minimum atomic E-state index is -1.03. The highest BCUT2D eigenvalue weighted by Gasteiger charge is 2.36. The van der Waals surface area contributed by atoms with Crippen molar-refractivity contribution in [1.82, 2.24) is 15.5 Å². The van der Waals surface area contributed by atoms with Crippen molar-refractivity contribution in [1.29, 1.82) is 0 Å². The number of nitrogens with one attached hydrogen (secondary N) is 2. The van der Waals surface area contributed by atoms with Gasteiger partial charge in [-0.2, -0.15) is 0 Å². The van der Waals surface area contributed by atoms with Crippen molar-refractivity contribution in [3.05, 3.63) is 77.0 Å². The second kappa shape index (κ2) is 11.8. The predicted molar refractivity (Wildman–Crippen MR) is 127 cm³/mol. The molecule has 3 rings (SSSR count). The summed E-state index contributed by atoms with van der Waals surface area (Å²) in [7, 11) is 0. The van der Waals surface area contributed by atoms with Crippen molar-refractivity contribution in [2.75, 3.05) is 19.7 Å². The largest absolute Gasteiger partial charge is 0.465 e. The van der Waals surface area contributed by atoms with E-state index in [0.717, 1.165) is 16.7 Å². The molecule has 1 heterocycles. The van der Waals surface area contributed by atoms with Gasteiger partial charge in [0.25, 0.3) is 5.91 Å². The van der Waals surface area contributed by atoms with E-state index in [-0.39, 0.29) is 31.8 Å². The summed E-state index contributed by atoms with van der Waals surface area (Å²) in [6, 6.07) is 16.0. The minimum Gasteiger partial charge on any atom is -0.465 e. The molecule has 8 heteroatoms. The maximum Gasteiger partial charge on any atom is 0.308 e. The molecule has 2 N–H and O–H groups in total. The Balaban J connectivity index is 1.73. The monoisotopic (exact) mass is 463 g/mol. The molecule has 1 aliphatic heterocycles. The number of carbonyl (C=O) groups is 4. The second-order valence-electron chi connectivity index (χ2n) is 8.06. The number of carbonyl (C=O) groups excluding carboxylic acids is 4. The van der Waals surface area contributed by atoms with Gasteiger partial charge < -0.3 is 20.3 Å². The van der Waals surface area contributed by atoms with Gasteiger partial charge in [-0.25, -0.2) is 0 Å². The standard InChI is InChI=1S/C26H29N3O5/c1-18-8-6-7-11-21(18)16-22(28-19(2)30)26(33)29-14-13-27-25(32)23(29)17-24(31)34-15-12-20-9-4-3-5-10-20/h3-11,16,23H,12-15,17H2,1-2H3,(H,27,32)(H,28,30)/b22-16-. The molecule has 1 atom stereocenters. The maximum absolute atomic E-state index is 13.4. The fraction of sp³-hybridized carbons (Fsp3) is 0.308. The lowest BCUT2D eigenvalue weighted by molar-refractivity contribution is -0.151. The normalized spacial score (nSPS) is 15.9. The molecule has 2 aromatic carbocycles. The van der Waals surface area contributed by atoms with Crippen molar-refractivity contribution < 1.29 is 23.9 Å². The Bertz CT molecular complexity index is 1080. The molecular formula is C26H29N3O5. The first-order chi connectivity index (χ1) is 16.3.